The lowest BCUT2D eigenvalue weighted by atomic mass is 10.1. The van der Waals surface area contributed by atoms with Gasteiger partial charge in [0.05, 0.1) is 10.7 Å². The van der Waals surface area contributed by atoms with Gasteiger partial charge in [0.25, 0.3) is 0 Å². The molecule has 4 heteroatoms. The van der Waals surface area contributed by atoms with Crippen molar-refractivity contribution in [2.24, 2.45) is 11.8 Å². The summed E-state index contributed by atoms with van der Waals surface area (Å²) >= 11 is 1.67. The molecule has 0 spiro atoms. The van der Waals surface area contributed by atoms with E-state index in [-0.39, 0.29) is 11.8 Å². The third-order valence-electron chi connectivity index (χ3n) is 4.03. The minimum Gasteiger partial charge on any atom is -0.356 e. The maximum atomic E-state index is 11.7. The number of hydrogen-bond donors (Lipinski definition) is 1. The van der Waals surface area contributed by atoms with Crippen molar-refractivity contribution >= 4 is 17.2 Å². The van der Waals surface area contributed by atoms with Crippen molar-refractivity contribution in [2.45, 2.75) is 26.7 Å². The molecule has 2 unspecified atom stereocenters. The summed E-state index contributed by atoms with van der Waals surface area (Å²) in [6.45, 7) is 4.87. The second-order valence-electron chi connectivity index (χ2n) is 5.81. The van der Waals surface area contributed by atoms with Crippen molar-refractivity contribution in [1.29, 1.82) is 0 Å². The maximum Gasteiger partial charge on any atom is 0.223 e. The molecule has 3 rings (SSSR count). The SMILES string of the molecule is Cc1nc(-c2ccc(CCNC(=O)C3CC3C)cc2)cs1. The Hall–Kier alpha value is -1.68. The first-order chi connectivity index (χ1) is 10.1. The molecule has 1 heterocycles. The lowest BCUT2D eigenvalue weighted by molar-refractivity contribution is -0.122. The van der Waals surface area contributed by atoms with Crippen LogP contribution in [0.25, 0.3) is 11.3 Å². The second kappa shape index (κ2) is 5.98. The predicted molar refractivity (Wildman–Crippen MR) is 86.3 cm³/mol. The standard InChI is InChI=1S/C17H20N2OS/c1-11-9-15(11)17(20)18-8-7-13-3-5-14(6-4-13)16-10-21-12(2)19-16/h3-6,10-11,15H,7-9H2,1-2H3,(H,18,20). The Morgan fingerprint density at radius 3 is 2.67 bits per heavy atom. The molecule has 2 aromatic rings. The lowest BCUT2D eigenvalue weighted by Gasteiger charge is -2.05. The first-order valence-corrected chi connectivity index (χ1v) is 8.30. The Morgan fingerprint density at radius 2 is 2.10 bits per heavy atom. The summed E-state index contributed by atoms with van der Waals surface area (Å²) in [5.41, 5.74) is 3.44. The number of thiazole rings is 1. The van der Waals surface area contributed by atoms with Gasteiger partial charge >= 0.3 is 0 Å². The average molecular weight is 300 g/mol. The Labute approximate surface area is 129 Å². The molecule has 0 radical (unpaired) electrons. The largest absolute Gasteiger partial charge is 0.356 e. The van der Waals surface area contributed by atoms with Gasteiger partial charge in [0, 0.05) is 23.4 Å². The minimum atomic E-state index is 0.220. The Kier molecular flexibility index (Phi) is 4.06. The molecule has 110 valence electrons. The molecule has 0 bridgehead atoms. The molecule has 1 aromatic carbocycles. The summed E-state index contributed by atoms with van der Waals surface area (Å²) < 4.78 is 0. The van der Waals surface area contributed by atoms with E-state index in [9.17, 15) is 4.79 Å². The fourth-order valence-corrected chi connectivity index (χ4v) is 3.11. The summed E-state index contributed by atoms with van der Waals surface area (Å²) in [6.07, 6.45) is 1.93. The molecule has 1 aliphatic rings. The zero-order chi connectivity index (χ0) is 14.8. The number of carbonyl (C=O) groups is 1. The Morgan fingerprint density at radius 1 is 1.38 bits per heavy atom. The van der Waals surface area contributed by atoms with E-state index >= 15 is 0 Å². The van der Waals surface area contributed by atoms with E-state index in [1.54, 1.807) is 11.3 Å². The fourth-order valence-electron chi connectivity index (χ4n) is 2.49. The molecule has 0 saturated heterocycles. The molecular weight excluding hydrogens is 280 g/mol. The van der Waals surface area contributed by atoms with Gasteiger partial charge in [-0.25, -0.2) is 4.98 Å². The molecule has 1 amide bonds. The van der Waals surface area contributed by atoms with Crippen LogP contribution >= 0.6 is 11.3 Å². The number of aromatic nitrogens is 1. The third-order valence-corrected chi connectivity index (χ3v) is 4.80. The summed E-state index contributed by atoms with van der Waals surface area (Å²) in [5, 5.41) is 6.20. The molecule has 1 saturated carbocycles. The van der Waals surface area contributed by atoms with Crippen LogP contribution in [0, 0.1) is 18.8 Å². The van der Waals surface area contributed by atoms with Crippen LogP contribution in [0.2, 0.25) is 0 Å². The second-order valence-corrected chi connectivity index (χ2v) is 6.87. The van der Waals surface area contributed by atoms with E-state index < -0.39 is 0 Å². The van der Waals surface area contributed by atoms with Crippen molar-refractivity contribution < 1.29 is 4.79 Å². The summed E-state index contributed by atoms with van der Waals surface area (Å²) in [5.74, 6) is 1.06. The molecule has 2 atom stereocenters. The zero-order valence-corrected chi connectivity index (χ0v) is 13.2. The van der Waals surface area contributed by atoms with Crippen molar-refractivity contribution in [3.63, 3.8) is 0 Å². The zero-order valence-electron chi connectivity index (χ0n) is 12.4. The predicted octanol–water partition coefficient (Wildman–Crippen LogP) is 3.43. The van der Waals surface area contributed by atoms with Crippen LogP contribution in [0.5, 0.6) is 0 Å². The molecule has 21 heavy (non-hydrogen) atoms. The van der Waals surface area contributed by atoms with Gasteiger partial charge in [-0.2, -0.15) is 0 Å². The molecule has 3 nitrogen and oxygen atoms in total. The number of amides is 1. The highest BCUT2D eigenvalue weighted by molar-refractivity contribution is 7.09. The molecule has 1 N–H and O–H groups in total. The highest BCUT2D eigenvalue weighted by atomic mass is 32.1. The first kappa shape index (κ1) is 14.3. The Bertz CT molecular complexity index is 632. The van der Waals surface area contributed by atoms with Crippen LogP contribution < -0.4 is 5.32 Å². The molecule has 1 aliphatic carbocycles. The van der Waals surface area contributed by atoms with E-state index in [1.807, 2.05) is 6.92 Å². The quantitative estimate of drug-likeness (QED) is 0.919. The summed E-state index contributed by atoms with van der Waals surface area (Å²) in [4.78, 5) is 16.2. The van der Waals surface area contributed by atoms with Gasteiger partial charge in [-0.3, -0.25) is 4.79 Å². The van der Waals surface area contributed by atoms with Gasteiger partial charge in [-0.1, -0.05) is 31.2 Å². The van der Waals surface area contributed by atoms with E-state index in [1.165, 1.54) is 5.56 Å². The van der Waals surface area contributed by atoms with Crippen molar-refractivity contribution in [2.75, 3.05) is 6.54 Å². The molecule has 1 fully saturated rings. The number of aryl methyl sites for hydroxylation is 1. The van der Waals surface area contributed by atoms with E-state index in [4.69, 9.17) is 0 Å². The normalized spacial score (nSPS) is 20.3. The smallest absolute Gasteiger partial charge is 0.223 e. The van der Waals surface area contributed by atoms with Crippen LogP contribution in [0.4, 0.5) is 0 Å². The van der Waals surface area contributed by atoms with Crippen LogP contribution in [0.1, 0.15) is 23.9 Å². The van der Waals surface area contributed by atoms with Crippen molar-refractivity contribution in [3.05, 3.63) is 40.2 Å². The van der Waals surface area contributed by atoms with E-state index in [0.29, 0.717) is 5.92 Å². The average Bonchev–Trinajstić information content (AvgIpc) is 3.05. The van der Waals surface area contributed by atoms with Crippen molar-refractivity contribution in [3.8, 4) is 11.3 Å². The van der Waals surface area contributed by atoms with Crippen LogP contribution in [0.15, 0.2) is 29.6 Å². The summed E-state index contributed by atoms with van der Waals surface area (Å²) in [7, 11) is 0. The highest BCUT2D eigenvalue weighted by Gasteiger charge is 2.38. The topological polar surface area (TPSA) is 42.0 Å². The number of benzene rings is 1. The van der Waals surface area contributed by atoms with Crippen LogP contribution in [-0.2, 0) is 11.2 Å². The van der Waals surface area contributed by atoms with Crippen LogP contribution in [0.3, 0.4) is 0 Å². The van der Waals surface area contributed by atoms with Crippen molar-refractivity contribution in [1.82, 2.24) is 10.3 Å². The van der Waals surface area contributed by atoms with E-state index in [0.717, 1.165) is 35.7 Å². The van der Waals surface area contributed by atoms with Gasteiger partial charge in [0.1, 0.15) is 0 Å². The number of rotatable bonds is 5. The van der Waals surface area contributed by atoms with Gasteiger partial charge in [0.15, 0.2) is 0 Å². The van der Waals surface area contributed by atoms with E-state index in [2.05, 4.69) is 46.9 Å². The number of carbonyl (C=O) groups excluding carboxylic acids is 1. The molecule has 1 aromatic heterocycles. The minimum absolute atomic E-state index is 0.220. The van der Waals surface area contributed by atoms with Gasteiger partial charge in [-0.15, -0.1) is 11.3 Å². The first-order valence-electron chi connectivity index (χ1n) is 7.42. The number of hydrogen-bond acceptors (Lipinski definition) is 3. The Balaban J connectivity index is 1.51. The van der Waals surface area contributed by atoms with Crippen LogP contribution in [-0.4, -0.2) is 17.4 Å². The van der Waals surface area contributed by atoms with Gasteiger partial charge in [-0.05, 0) is 31.2 Å². The monoisotopic (exact) mass is 300 g/mol. The van der Waals surface area contributed by atoms with Gasteiger partial charge in [0.2, 0.25) is 5.91 Å². The third kappa shape index (κ3) is 3.50. The maximum absolute atomic E-state index is 11.7. The van der Waals surface area contributed by atoms with Gasteiger partial charge < -0.3 is 5.32 Å². The number of nitrogens with zero attached hydrogens (tertiary/aromatic N) is 1. The highest BCUT2D eigenvalue weighted by Crippen LogP contribution is 2.37. The number of nitrogens with one attached hydrogen (secondary N) is 1. The molecular formula is C17H20N2OS. The lowest BCUT2D eigenvalue weighted by Crippen LogP contribution is -2.27. The molecule has 0 aliphatic heterocycles. The summed E-state index contributed by atoms with van der Waals surface area (Å²) in [6, 6.07) is 8.45. The fraction of sp³-hybridized carbons (Fsp3) is 0.412.